The monoisotopic (exact) mass is 184 g/mol. The van der Waals surface area contributed by atoms with E-state index in [1.807, 2.05) is 0 Å². The molecule has 0 bridgehead atoms. The number of carbonyl (C=O) groups excluding carboxylic acids is 2. The van der Waals surface area contributed by atoms with Crippen LogP contribution in [0.4, 0.5) is 0 Å². The van der Waals surface area contributed by atoms with Gasteiger partial charge in [-0.15, -0.1) is 0 Å². The average Bonchev–Trinajstić information content (AvgIpc) is 2.15. The minimum atomic E-state index is -0.684. The Kier molecular flexibility index (Phi) is 3.03. The summed E-state index contributed by atoms with van der Waals surface area (Å²) in [6, 6.07) is 8.26. The Hall–Kier alpha value is -1.84. The Morgan fingerprint density at radius 2 is 2.00 bits per heavy atom. The van der Waals surface area contributed by atoms with Gasteiger partial charge < -0.3 is 0 Å². The lowest BCUT2D eigenvalue weighted by atomic mass is 10.2. The molecule has 0 aliphatic carbocycles. The van der Waals surface area contributed by atoms with Crippen LogP contribution in [0.3, 0.4) is 0 Å². The quantitative estimate of drug-likeness (QED) is 0.375. The molecule has 1 aromatic carbocycles. The zero-order valence-electron chi connectivity index (χ0n) is 7.02. The molecule has 0 N–H and O–H groups in total. The second kappa shape index (κ2) is 4.25. The van der Waals surface area contributed by atoms with Crippen molar-refractivity contribution in [3.05, 3.63) is 35.9 Å². The number of hydrogen-bond acceptors (Lipinski definition) is 4. The van der Waals surface area contributed by atoms with E-state index in [9.17, 15) is 9.59 Å². The van der Waals surface area contributed by atoms with Gasteiger partial charge in [-0.1, -0.05) is 18.2 Å². The van der Waals surface area contributed by atoms with Crippen LogP contribution in [0.5, 0.6) is 0 Å². The van der Waals surface area contributed by atoms with Crippen molar-refractivity contribution in [2.24, 2.45) is 0 Å². The third kappa shape index (κ3) is 2.94. The SMILES string of the molecule is CC(=[18O])[18O]OC(=O)c1ccccc1. The molecule has 1 aromatic rings. The summed E-state index contributed by atoms with van der Waals surface area (Å²) >= 11 is 0. The van der Waals surface area contributed by atoms with Crippen molar-refractivity contribution < 1.29 is 19.4 Å². The zero-order chi connectivity index (χ0) is 9.68. The molecule has 68 valence electrons. The minimum Gasteiger partial charge on any atom is -0.248 e. The number of rotatable bonds is 1. The fourth-order valence-corrected chi connectivity index (χ4v) is 0.719. The summed E-state index contributed by atoms with van der Waals surface area (Å²) < 4.78 is 0. The van der Waals surface area contributed by atoms with E-state index in [4.69, 9.17) is 0 Å². The van der Waals surface area contributed by atoms with Crippen LogP contribution in [0.1, 0.15) is 17.3 Å². The molecule has 0 amide bonds. The Morgan fingerprint density at radius 3 is 2.54 bits per heavy atom. The third-order valence-corrected chi connectivity index (χ3v) is 1.24. The van der Waals surface area contributed by atoms with Crippen molar-refractivity contribution in [3.63, 3.8) is 0 Å². The molecule has 0 aliphatic rings. The normalized spacial score (nSPS) is 9.00. The van der Waals surface area contributed by atoms with E-state index in [0.29, 0.717) is 5.56 Å². The highest BCUT2D eigenvalue weighted by Gasteiger charge is 2.08. The third-order valence-electron chi connectivity index (χ3n) is 1.24. The summed E-state index contributed by atoms with van der Waals surface area (Å²) in [5.41, 5.74) is 0.337. The van der Waals surface area contributed by atoms with Gasteiger partial charge in [-0.3, -0.25) is 0 Å². The maximum atomic E-state index is 11.0. The van der Waals surface area contributed by atoms with E-state index >= 15 is 0 Å². The van der Waals surface area contributed by atoms with E-state index in [-0.39, 0.29) is 0 Å². The summed E-state index contributed by atoms with van der Waals surface area (Å²) in [6.07, 6.45) is 0. The Balaban J connectivity index is 2.54. The van der Waals surface area contributed by atoms with Gasteiger partial charge in [0, 0.05) is 6.92 Å². The molecule has 0 heterocycles. The first kappa shape index (κ1) is 9.25. The lowest BCUT2D eigenvalue weighted by molar-refractivity contribution is -0.231. The van der Waals surface area contributed by atoms with Gasteiger partial charge in [0.2, 0.25) is 0 Å². The molecule has 0 radical (unpaired) electrons. The molecular weight excluding hydrogens is 176 g/mol. The molecule has 0 aliphatic heterocycles. The van der Waals surface area contributed by atoms with Gasteiger partial charge in [0.25, 0.3) is 0 Å². The largest absolute Gasteiger partial charge is 0.386 e. The van der Waals surface area contributed by atoms with Crippen LogP contribution in [0.15, 0.2) is 30.3 Å². The Bertz CT molecular complexity index is 305. The second-order valence-electron chi connectivity index (χ2n) is 2.31. The van der Waals surface area contributed by atoms with Crippen LogP contribution >= 0.6 is 0 Å². The van der Waals surface area contributed by atoms with Crippen LogP contribution in [-0.4, -0.2) is 11.9 Å². The van der Waals surface area contributed by atoms with Crippen molar-refractivity contribution in [3.8, 4) is 0 Å². The molecule has 0 aromatic heterocycles. The standard InChI is InChI=1S/C9H8O4/c1-7(10)12-13-9(11)8-5-3-2-4-6-8/h2-6H,1H3/i10+2,12+2. The molecule has 0 saturated carbocycles. The summed E-state index contributed by atoms with van der Waals surface area (Å²) in [5, 5.41) is 0. The molecule has 4 nitrogen and oxygen atoms in total. The van der Waals surface area contributed by atoms with Gasteiger partial charge >= 0.3 is 11.9 Å². The number of carbonyl (C=O) groups is 2. The molecule has 1 rings (SSSR count). The maximum Gasteiger partial charge on any atom is 0.386 e. The lowest BCUT2D eigenvalue weighted by Crippen LogP contribution is -2.08. The first-order chi connectivity index (χ1) is 6.20. The fraction of sp³-hybridized carbons (Fsp3) is 0.111. The number of hydrogen-bond donors (Lipinski definition) is 0. The van der Waals surface area contributed by atoms with Crippen molar-refractivity contribution in [1.82, 2.24) is 0 Å². The first-order valence-corrected chi connectivity index (χ1v) is 3.64. The van der Waals surface area contributed by atoms with Gasteiger partial charge in [-0.2, -0.15) is 0 Å². The summed E-state index contributed by atoms with van der Waals surface area (Å²) in [4.78, 5) is 29.6. The molecule has 4 heteroatoms. The Labute approximate surface area is 75.0 Å². The van der Waals surface area contributed by atoms with E-state index in [1.165, 1.54) is 0 Å². The van der Waals surface area contributed by atoms with Crippen LogP contribution in [-0.2, 0) is 14.6 Å². The molecule has 0 atom stereocenters. The second-order valence-corrected chi connectivity index (χ2v) is 2.31. The average molecular weight is 184 g/mol. The molecule has 0 unspecified atom stereocenters. The highest BCUT2D eigenvalue weighted by atomic mass is 18.6. The van der Waals surface area contributed by atoms with Crippen molar-refractivity contribution in [1.29, 1.82) is 0 Å². The topological polar surface area (TPSA) is 52.6 Å². The van der Waals surface area contributed by atoms with E-state index < -0.39 is 11.9 Å². The van der Waals surface area contributed by atoms with Gasteiger partial charge in [0.15, 0.2) is 0 Å². The molecule has 0 fully saturated rings. The molecule has 0 saturated heterocycles. The van der Waals surface area contributed by atoms with Crippen LogP contribution in [0.25, 0.3) is 0 Å². The lowest BCUT2D eigenvalue weighted by Gasteiger charge is -1.99. The number of benzene rings is 1. The maximum absolute atomic E-state index is 11.0. The Morgan fingerprint density at radius 1 is 1.38 bits per heavy atom. The van der Waals surface area contributed by atoms with Crippen LogP contribution < -0.4 is 0 Å². The van der Waals surface area contributed by atoms with Crippen molar-refractivity contribution >= 4 is 11.9 Å². The molecular formula is C9H8O4. The van der Waals surface area contributed by atoms with Gasteiger partial charge in [-0.05, 0) is 12.1 Å². The van der Waals surface area contributed by atoms with E-state index in [0.717, 1.165) is 6.92 Å². The van der Waals surface area contributed by atoms with E-state index in [1.54, 1.807) is 30.3 Å². The zero-order valence-corrected chi connectivity index (χ0v) is 7.02. The first-order valence-electron chi connectivity index (χ1n) is 3.64. The fourth-order valence-electron chi connectivity index (χ4n) is 0.719. The summed E-state index contributed by atoms with van der Waals surface area (Å²) in [5.74, 6) is -1.35. The van der Waals surface area contributed by atoms with Gasteiger partial charge in [0.05, 0.1) is 5.56 Å². The highest BCUT2D eigenvalue weighted by molar-refractivity contribution is 5.89. The summed E-state index contributed by atoms with van der Waals surface area (Å²) in [7, 11) is 0. The van der Waals surface area contributed by atoms with Crippen molar-refractivity contribution in [2.45, 2.75) is 6.92 Å². The van der Waals surface area contributed by atoms with Gasteiger partial charge in [-0.25, -0.2) is 19.4 Å². The predicted octanol–water partition coefficient (Wildman–Crippen LogP) is 1.32. The predicted molar refractivity (Wildman–Crippen MR) is 43.6 cm³/mol. The van der Waals surface area contributed by atoms with Crippen molar-refractivity contribution in [2.75, 3.05) is 0 Å². The molecule has 0 spiro atoms. The minimum absolute atomic E-state index is 0.337. The van der Waals surface area contributed by atoms with E-state index in [2.05, 4.69) is 9.78 Å². The highest BCUT2D eigenvalue weighted by Crippen LogP contribution is 2.00. The van der Waals surface area contributed by atoms with Gasteiger partial charge in [0.1, 0.15) is 0 Å². The smallest absolute Gasteiger partial charge is 0.248 e. The van der Waals surface area contributed by atoms with Crippen LogP contribution in [0.2, 0.25) is 0 Å². The molecule has 13 heavy (non-hydrogen) atoms. The summed E-state index contributed by atoms with van der Waals surface area (Å²) in [6.45, 7) is 1.15. The van der Waals surface area contributed by atoms with Crippen LogP contribution in [0, 0.1) is 0 Å².